The summed E-state index contributed by atoms with van der Waals surface area (Å²) in [5.74, 6) is 0.565. The Bertz CT molecular complexity index is 314. The van der Waals surface area contributed by atoms with E-state index in [9.17, 15) is 0 Å². The van der Waals surface area contributed by atoms with Crippen molar-refractivity contribution in [3.8, 4) is 0 Å². The summed E-state index contributed by atoms with van der Waals surface area (Å²) >= 11 is 0. The summed E-state index contributed by atoms with van der Waals surface area (Å²) in [7, 11) is 0. The van der Waals surface area contributed by atoms with Crippen molar-refractivity contribution in [1.29, 1.82) is 0 Å². The second-order valence-corrected chi connectivity index (χ2v) is 4.77. The molecule has 3 nitrogen and oxygen atoms in total. The zero-order valence-electron chi connectivity index (χ0n) is 9.25. The topological polar surface area (TPSA) is 29.9 Å². The molecule has 0 bridgehead atoms. The third kappa shape index (κ3) is 1.57. The summed E-state index contributed by atoms with van der Waals surface area (Å²) in [4.78, 5) is 0. The normalized spacial score (nSPS) is 25.5. The molecule has 1 unspecified atom stereocenters. The first-order valence-corrected chi connectivity index (χ1v) is 5.37. The first kappa shape index (κ1) is 9.71. The molecule has 0 radical (unpaired) electrons. The maximum Gasteiger partial charge on any atom is 0.0674 e. The van der Waals surface area contributed by atoms with Gasteiger partial charge in [-0.15, -0.1) is 0 Å². The molecule has 3 heteroatoms. The van der Waals surface area contributed by atoms with Crippen molar-refractivity contribution in [3.05, 3.63) is 18.0 Å². The summed E-state index contributed by atoms with van der Waals surface area (Å²) in [5.41, 5.74) is 1.58. The molecule has 1 aliphatic rings. The van der Waals surface area contributed by atoms with Crippen molar-refractivity contribution < 1.29 is 0 Å². The lowest BCUT2D eigenvalue weighted by molar-refractivity contribution is 0.355. The van der Waals surface area contributed by atoms with Gasteiger partial charge in [0, 0.05) is 31.7 Å². The fourth-order valence-electron chi connectivity index (χ4n) is 2.18. The van der Waals surface area contributed by atoms with Crippen molar-refractivity contribution >= 4 is 0 Å². The predicted octanol–water partition coefficient (Wildman–Crippen LogP) is 1.62. The zero-order valence-corrected chi connectivity index (χ0v) is 9.25. The van der Waals surface area contributed by atoms with E-state index in [4.69, 9.17) is 0 Å². The van der Waals surface area contributed by atoms with E-state index in [-0.39, 0.29) is 0 Å². The Morgan fingerprint density at radius 1 is 1.64 bits per heavy atom. The van der Waals surface area contributed by atoms with Crippen LogP contribution in [0.4, 0.5) is 0 Å². The van der Waals surface area contributed by atoms with Crippen molar-refractivity contribution in [1.82, 2.24) is 15.1 Å². The molecule has 1 N–H and O–H groups in total. The quantitative estimate of drug-likeness (QED) is 0.773. The minimum atomic E-state index is 0.340. The van der Waals surface area contributed by atoms with Crippen LogP contribution in [0.5, 0.6) is 0 Å². The van der Waals surface area contributed by atoms with Gasteiger partial charge in [-0.05, 0) is 18.4 Å². The van der Waals surface area contributed by atoms with Crippen molar-refractivity contribution in [2.24, 2.45) is 5.41 Å². The zero-order chi connectivity index (χ0) is 10.2. The smallest absolute Gasteiger partial charge is 0.0674 e. The molecule has 2 heterocycles. The largest absolute Gasteiger partial charge is 0.315 e. The van der Waals surface area contributed by atoms with Crippen LogP contribution in [0, 0.1) is 5.41 Å². The Kier molecular flexibility index (Phi) is 2.35. The number of hydrogen-bond donors (Lipinski definition) is 1. The molecule has 1 fully saturated rings. The third-order valence-electron chi connectivity index (χ3n) is 3.21. The van der Waals surface area contributed by atoms with Gasteiger partial charge in [0.2, 0.25) is 0 Å². The summed E-state index contributed by atoms with van der Waals surface area (Å²) in [6.07, 6.45) is 2.07. The Labute approximate surface area is 85.5 Å². The minimum Gasteiger partial charge on any atom is -0.315 e. The van der Waals surface area contributed by atoms with Crippen LogP contribution in [-0.2, 0) is 6.54 Å². The van der Waals surface area contributed by atoms with Crippen molar-refractivity contribution in [3.63, 3.8) is 0 Å². The summed E-state index contributed by atoms with van der Waals surface area (Å²) in [5, 5.41) is 8.02. The summed E-state index contributed by atoms with van der Waals surface area (Å²) in [6.45, 7) is 9.85. The molecule has 2 rings (SSSR count). The van der Waals surface area contributed by atoms with Crippen LogP contribution in [-0.4, -0.2) is 22.9 Å². The number of aromatic nitrogens is 2. The molecule has 1 aliphatic heterocycles. The van der Waals surface area contributed by atoms with E-state index in [2.05, 4.69) is 43.4 Å². The standard InChI is InChI=1S/C11H19N3/c1-4-14-6-5-10(13-14)9-7-12-8-11(9,2)3/h5-6,9,12H,4,7-8H2,1-3H3. The summed E-state index contributed by atoms with van der Waals surface area (Å²) < 4.78 is 2.00. The number of aryl methyl sites for hydroxylation is 1. The van der Waals surface area contributed by atoms with Crippen LogP contribution in [0.3, 0.4) is 0 Å². The minimum absolute atomic E-state index is 0.340. The van der Waals surface area contributed by atoms with Gasteiger partial charge in [-0.2, -0.15) is 5.10 Å². The maximum absolute atomic E-state index is 4.58. The molecule has 0 saturated carbocycles. The van der Waals surface area contributed by atoms with E-state index in [0.717, 1.165) is 19.6 Å². The second-order valence-electron chi connectivity index (χ2n) is 4.77. The first-order valence-electron chi connectivity index (χ1n) is 5.37. The van der Waals surface area contributed by atoms with E-state index >= 15 is 0 Å². The molecular formula is C11H19N3. The lowest BCUT2D eigenvalue weighted by Crippen LogP contribution is -2.21. The molecule has 1 saturated heterocycles. The molecular weight excluding hydrogens is 174 g/mol. The number of hydrogen-bond acceptors (Lipinski definition) is 2. The number of nitrogens with zero attached hydrogens (tertiary/aromatic N) is 2. The van der Waals surface area contributed by atoms with Crippen LogP contribution in [0.25, 0.3) is 0 Å². The Morgan fingerprint density at radius 3 is 2.93 bits per heavy atom. The molecule has 0 spiro atoms. The van der Waals surface area contributed by atoms with Gasteiger partial charge in [0.15, 0.2) is 0 Å². The lowest BCUT2D eigenvalue weighted by atomic mass is 9.80. The Balaban J connectivity index is 2.22. The average molecular weight is 193 g/mol. The molecule has 1 aromatic heterocycles. The SMILES string of the molecule is CCn1ccc(C2CNCC2(C)C)n1. The number of rotatable bonds is 2. The molecule has 0 amide bonds. The summed E-state index contributed by atoms with van der Waals surface area (Å²) in [6, 6.07) is 2.16. The molecule has 1 aromatic rings. The Morgan fingerprint density at radius 2 is 2.43 bits per heavy atom. The maximum atomic E-state index is 4.58. The van der Waals surface area contributed by atoms with E-state index in [0.29, 0.717) is 11.3 Å². The molecule has 1 atom stereocenters. The van der Waals surface area contributed by atoms with Crippen molar-refractivity contribution in [2.45, 2.75) is 33.2 Å². The average Bonchev–Trinajstić information content (AvgIpc) is 2.70. The van der Waals surface area contributed by atoms with E-state index in [1.54, 1.807) is 0 Å². The highest BCUT2D eigenvalue weighted by atomic mass is 15.3. The van der Waals surface area contributed by atoms with Gasteiger partial charge in [-0.3, -0.25) is 4.68 Å². The van der Waals surface area contributed by atoms with Gasteiger partial charge in [0.05, 0.1) is 5.69 Å². The Hall–Kier alpha value is -0.830. The van der Waals surface area contributed by atoms with E-state index < -0.39 is 0 Å². The van der Waals surface area contributed by atoms with Gasteiger partial charge in [-0.1, -0.05) is 13.8 Å². The fourth-order valence-corrected chi connectivity index (χ4v) is 2.18. The highest BCUT2D eigenvalue weighted by Gasteiger charge is 2.36. The fraction of sp³-hybridized carbons (Fsp3) is 0.727. The van der Waals surface area contributed by atoms with E-state index in [1.165, 1.54) is 5.69 Å². The predicted molar refractivity (Wildman–Crippen MR) is 57.3 cm³/mol. The first-order chi connectivity index (χ1) is 6.63. The van der Waals surface area contributed by atoms with Gasteiger partial charge >= 0.3 is 0 Å². The van der Waals surface area contributed by atoms with E-state index in [1.807, 2.05) is 4.68 Å². The molecule has 0 aliphatic carbocycles. The van der Waals surface area contributed by atoms with Crippen LogP contribution < -0.4 is 5.32 Å². The van der Waals surface area contributed by atoms with Gasteiger partial charge < -0.3 is 5.32 Å². The number of nitrogens with one attached hydrogen (secondary N) is 1. The van der Waals surface area contributed by atoms with Gasteiger partial charge in [-0.25, -0.2) is 0 Å². The van der Waals surface area contributed by atoms with Gasteiger partial charge in [0.1, 0.15) is 0 Å². The monoisotopic (exact) mass is 193 g/mol. The third-order valence-corrected chi connectivity index (χ3v) is 3.21. The second kappa shape index (κ2) is 3.39. The lowest BCUT2D eigenvalue weighted by Gasteiger charge is -2.23. The van der Waals surface area contributed by atoms with Crippen molar-refractivity contribution in [2.75, 3.05) is 13.1 Å². The van der Waals surface area contributed by atoms with Crippen LogP contribution >= 0.6 is 0 Å². The van der Waals surface area contributed by atoms with Gasteiger partial charge in [0.25, 0.3) is 0 Å². The molecule has 14 heavy (non-hydrogen) atoms. The molecule has 0 aromatic carbocycles. The van der Waals surface area contributed by atoms with Crippen LogP contribution in [0.15, 0.2) is 12.3 Å². The highest BCUT2D eigenvalue weighted by Crippen LogP contribution is 2.37. The van der Waals surface area contributed by atoms with Crippen LogP contribution in [0.1, 0.15) is 32.4 Å². The highest BCUT2D eigenvalue weighted by molar-refractivity contribution is 5.14. The molecule has 78 valence electrons. The van der Waals surface area contributed by atoms with Crippen LogP contribution in [0.2, 0.25) is 0 Å².